The Labute approximate surface area is 73.1 Å². The third-order valence-corrected chi connectivity index (χ3v) is 0. The van der Waals surface area contributed by atoms with Gasteiger partial charge in [0.1, 0.15) is 0 Å². The molecule has 0 aromatic carbocycles. The Hall–Kier alpha value is -0.360. The first-order chi connectivity index (χ1) is 3.46. The molecule has 0 heterocycles. The number of hydrogen-bond acceptors (Lipinski definition) is 4. The maximum absolute atomic E-state index is 8.89. The number of carbonyl (C=O) groups excluding carboxylic acids is 2. The van der Waals surface area contributed by atoms with Crippen LogP contribution < -0.4 is 10.2 Å². The molecule has 0 rings (SSSR count). The van der Waals surface area contributed by atoms with Gasteiger partial charge in [-0.1, -0.05) is 27.0 Å². The Morgan fingerprint density at radius 3 is 0.900 bits per heavy atom. The highest BCUT2D eigenvalue weighted by atomic mass is 32.1. The zero-order chi connectivity index (χ0) is 7.15. The molecule has 10 heavy (non-hydrogen) atoms. The van der Waals surface area contributed by atoms with Crippen LogP contribution in [0.15, 0.2) is 0 Å². The summed E-state index contributed by atoms with van der Waals surface area (Å²) in [4.78, 5) is 17.8. The first-order valence-electron chi connectivity index (χ1n) is 1.82. The SMILES string of the molecule is CC(=O)[O-].CC(=O)[O-].[SH3+].[SH3+]. The standard InChI is InChI=1S/2C2H4O2.2H2S/c2*1-2(3)4;;/h2*1H3,(H,3,4);2*1H2. The van der Waals surface area contributed by atoms with Crippen LogP contribution in [0.5, 0.6) is 0 Å². The fourth-order valence-electron chi connectivity index (χ4n) is 0. The van der Waals surface area contributed by atoms with E-state index in [0.717, 1.165) is 13.8 Å². The maximum Gasteiger partial charge on any atom is 0.0383 e. The van der Waals surface area contributed by atoms with Crippen molar-refractivity contribution in [1.82, 2.24) is 0 Å². The second kappa shape index (κ2) is 15.9. The van der Waals surface area contributed by atoms with Crippen molar-refractivity contribution in [3.8, 4) is 0 Å². The van der Waals surface area contributed by atoms with Crippen LogP contribution in [0, 0.1) is 0 Å². The van der Waals surface area contributed by atoms with E-state index >= 15 is 0 Å². The van der Waals surface area contributed by atoms with Gasteiger partial charge in [-0.3, -0.25) is 0 Å². The lowest BCUT2D eigenvalue weighted by Crippen LogP contribution is -2.16. The quantitative estimate of drug-likeness (QED) is 0.362. The van der Waals surface area contributed by atoms with E-state index in [2.05, 4.69) is 0 Å². The van der Waals surface area contributed by atoms with Gasteiger partial charge in [0.05, 0.1) is 0 Å². The van der Waals surface area contributed by atoms with E-state index < -0.39 is 11.9 Å². The third-order valence-electron chi connectivity index (χ3n) is 0. The summed E-state index contributed by atoms with van der Waals surface area (Å²) in [5, 5.41) is 17.8. The minimum atomic E-state index is -1.08. The van der Waals surface area contributed by atoms with Gasteiger partial charge in [-0.25, -0.2) is 0 Å². The molecular weight excluding hydrogens is 176 g/mol. The zero-order valence-electron chi connectivity index (χ0n) is 5.79. The molecule has 0 aliphatic rings. The average Bonchev–Trinajstić information content (AvgIpc) is 1.25. The molecule has 6 heteroatoms. The Balaban J connectivity index is -0.0000000300. The second-order valence-electron chi connectivity index (χ2n) is 0.983. The van der Waals surface area contributed by atoms with Gasteiger partial charge in [-0.2, -0.15) is 0 Å². The van der Waals surface area contributed by atoms with Crippen molar-refractivity contribution in [3.05, 3.63) is 0 Å². The topological polar surface area (TPSA) is 80.3 Å². The van der Waals surface area contributed by atoms with Crippen LogP contribution in [-0.2, 0) is 36.6 Å². The minimum Gasteiger partial charge on any atom is -0.550 e. The fourth-order valence-corrected chi connectivity index (χ4v) is 0. The molecule has 0 atom stereocenters. The minimum absolute atomic E-state index is 0. The monoisotopic (exact) mass is 188 g/mol. The maximum atomic E-state index is 8.89. The van der Waals surface area contributed by atoms with Crippen molar-refractivity contribution in [1.29, 1.82) is 0 Å². The first kappa shape index (κ1) is 22.6. The van der Waals surface area contributed by atoms with Crippen molar-refractivity contribution in [3.63, 3.8) is 0 Å². The van der Waals surface area contributed by atoms with Gasteiger partial charge in [0, 0.05) is 11.9 Å². The van der Waals surface area contributed by atoms with E-state index in [0.29, 0.717) is 0 Å². The zero-order valence-corrected chi connectivity index (χ0v) is 8.10. The van der Waals surface area contributed by atoms with E-state index in [1.807, 2.05) is 0 Å². The van der Waals surface area contributed by atoms with Gasteiger partial charge < -0.3 is 19.8 Å². The lowest BCUT2D eigenvalue weighted by Gasteiger charge is -1.77. The van der Waals surface area contributed by atoms with Gasteiger partial charge in [-0.15, -0.1) is 0 Å². The van der Waals surface area contributed by atoms with Crippen LogP contribution in [0.1, 0.15) is 13.8 Å². The summed E-state index contributed by atoms with van der Waals surface area (Å²) < 4.78 is 0. The van der Waals surface area contributed by atoms with E-state index in [9.17, 15) is 0 Å². The van der Waals surface area contributed by atoms with Gasteiger partial charge in [0.25, 0.3) is 0 Å². The number of carboxylic acid groups (broad SMARTS) is 2. The molecule has 0 radical (unpaired) electrons. The molecule has 64 valence electrons. The number of hydrogen-bond donors (Lipinski definition) is 0. The highest BCUT2D eigenvalue weighted by Gasteiger charge is 1.46. The molecule has 0 saturated carbocycles. The Morgan fingerprint density at radius 1 is 0.900 bits per heavy atom. The summed E-state index contributed by atoms with van der Waals surface area (Å²) in [5.41, 5.74) is 0. The molecule has 0 amide bonds. The third kappa shape index (κ3) is 2600. The van der Waals surface area contributed by atoms with Crippen molar-refractivity contribution < 1.29 is 19.8 Å². The van der Waals surface area contributed by atoms with E-state index in [1.54, 1.807) is 0 Å². The summed E-state index contributed by atoms with van der Waals surface area (Å²) in [6.07, 6.45) is 0. The largest absolute Gasteiger partial charge is 0.550 e. The average molecular weight is 188 g/mol. The Bertz CT molecular complexity index is 73.3. The van der Waals surface area contributed by atoms with Gasteiger partial charge in [0.2, 0.25) is 0 Å². The molecule has 0 N–H and O–H groups in total. The molecule has 0 bridgehead atoms. The van der Waals surface area contributed by atoms with Gasteiger partial charge >= 0.3 is 0 Å². The molecular formula is C4H12O4S2. The van der Waals surface area contributed by atoms with Crippen molar-refractivity contribution in [2.45, 2.75) is 13.8 Å². The normalized spacial score (nSPS) is 5.00. The highest BCUT2D eigenvalue weighted by molar-refractivity contribution is 7.37. The summed E-state index contributed by atoms with van der Waals surface area (Å²) in [5.74, 6) is -2.17. The lowest BCUT2D eigenvalue weighted by molar-refractivity contribution is -0.303. The highest BCUT2D eigenvalue weighted by Crippen LogP contribution is 1.31. The smallest absolute Gasteiger partial charge is 0.0383 e. The number of rotatable bonds is 0. The summed E-state index contributed by atoms with van der Waals surface area (Å²) in [7, 11) is 0. The molecule has 0 fully saturated rings. The number of carbonyl (C=O) groups is 2. The van der Waals surface area contributed by atoms with Crippen LogP contribution >= 0.6 is 0 Å². The van der Waals surface area contributed by atoms with Crippen molar-refractivity contribution in [2.75, 3.05) is 0 Å². The molecule has 0 saturated heterocycles. The summed E-state index contributed by atoms with van der Waals surface area (Å²) in [6.45, 7) is 1.94. The van der Waals surface area contributed by atoms with E-state index in [-0.39, 0.29) is 27.0 Å². The molecule has 0 aromatic heterocycles. The van der Waals surface area contributed by atoms with Crippen LogP contribution in [0.4, 0.5) is 0 Å². The van der Waals surface area contributed by atoms with Crippen LogP contribution in [0.25, 0.3) is 0 Å². The molecule has 4 nitrogen and oxygen atoms in total. The molecule has 0 aliphatic carbocycles. The van der Waals surface area contributed by atoms with E-state index in [1.165, 1.54) is 0 Å². The van der Waals surface area contributed by atoms with Gasteiger partial charge in [0.15, 0.2) is 0 Å². The van der Waals surface area contributed by atoms with Crippen LogP contribution in [-0.4, -0.2) is 11.9 Å². The molecule has 0 aromatic rings. The molecule has 0 aliphatic heterocycles. The first-order valence-corrected chi connectivity index (χ1v) is 1.82. The predicted octanol–water partition coefficient (Wildman–Crippen LogP) is -4.10. The second-order valence-corrected chi connectivity index (χ2v) is 0.983. The molecule has 0 unspecified atom stereocenters. The summed E-state index contributed by atoms with van der Waals surface area (Å²) in [6, 6.07) is 0. The van der Waals surface area contributed by atoms with Gasteiger partial charge in [-0.05, 0) is 13.8 Å². The van der Waals surface area contributed by atoms with Crippen molar-refractivity contribution in [2.24, 2.45) is 0 Å². The Kier molecular flexibility index (Phi) is 35.9. The lowest BCUT2D eigenvalue weighted by atomic mass is 10.9. The van der Waals surface area contributed by atoms with Crippen LogP contribution in [0.3, 0.4) is 0 Å². The number of aliphatic carboxylic acids is 2. The predicted molar refractivity (Wildman–Crippen MR) is 44.5 cm³/mol. The van der Waals surface area contributed by atoms with Crippen LogP contribution in [0.2, 0.25) is 0 Å². The Morgan fingerprint density at radius 2 is 0.900 bits per heavy atom. The molecule has 0 spiro atoms. The van der Waals surface area contributed by atoms with Crippen molar-refractivity contribution >= 4 is 38.9 Å². The summed E-state index contributed by atoms with van der Waals surface area (Å²) >= 11 is 0. The number of carboxylic acids is 2. The fraction of sp³-hybridized carbons (Fsp3) is 0.500. The van der Waals surface area contributed by atoms with E-state index in [4.69, 9.17) is 19.8 Å².